The van der Waals surface area contributed by atoms with Crippen molar-refractivity contribution >= 4 is 21.4 Å². The monoisotopic (exact) mass is 282 g/mol. The normalized spacial score (nSPS) is 12.7. The molecule has 0 aliphatic rings. The van der Waals surface area contributed by atoms with E-state index in [2.05, 4.69) is 66.9 Å². The van der Waals surface area contributed by atoms with Gasteiger partial charge in [0.25, 0.3) is 0 Å². The number of nitrogens with one attached hydrogen (secondary N) is 1. The lowest BCUT2D eigenvalue weighted by atomic mass is 10.0. The van der Waals surface area contributed by atoms with Gasteiger partial charge in [-0.25, -0.2) is 0 Å². The molecule has 0 fully saturated rings. The van der Waals surface area contributed by atoms with E-state index < -0.39 is 0 Å². The van der Waals surface area contributed by atoms with Gasteiger partial charge in [0.15, 0.2) is 0 Å². The molecule has 2 nitrogen and oxygen atoms in total. The summed E-state index contributed by atoms with van der Waals surface area (Å²) in [5, 5.41) is 1.29. The van der Waals surface area contributed by atoms with Crippen LogP contribution in [0.3, 0.4) is 0 Å². The molecule has 3 heteroatoms. The van der Waals surface area contributed by atoms with Crippen molar-refractivity contribution in [1.29, 1.82) is 0 Å². The maximum Gasteiger partial charge on any atom is 0.0593 e. The van der Waals surface area contributed by atoms with Crippen molar-refractivity contribution in [2.75, 3.05) is 0 Å². The second-order valence-electron chi connectivity index (χ2n) is 5.10. The van der Waals surface area contributed by atoms with E-state index in [9.17, 15) is 0 Å². The highest BCUT2D eigenvalue weighted by Crippen LogP contribution is 2.31. The Kier molecular flexibility index (Phi) is 3.83. The summed E-state index contributed by atoms with van der Waals surface area (Å²) in [6.07, 6.45) is 0.908. The van der Waals surface area contributed by atoms with Crippen LogP contribution in [0.4, 0.5) is 0 Å². The first-order valence-electron chi connectivity index (χ1n) is 6.76. The van der Waals surface area contributed by atoms with E-state index in [4.69, 9.17) is 5.84 Å². The van der Waals surface area contributed by atoms with Crippen LogP contribution < -0.4 is 11.3 Å². The number of aryl methyl sites for hydroxylation is 1. The van der Waals surface area contributed by atoms with Crippen molar-refractivity contribution in [3.05, 3.63) is 70.6 Å². The van der Waals surface area contributed by atoms with Crippen molar-refractivity contribution in [3.8, 4) is 0 Å². The van der Waals surface area contributed by atoms with Gasteiger partial charge in [-0.15, -0.1) is 11.3 Å². The molecular weight excluding hydrogens is 264 g/mol. The molecule has 20 heavy (non-hydrogen) atoms. The minimum absolute atomic E-state index is 0.161. The summed E-state index contributed by atoms with van der Waals surface area (Å²) in [5.74, 6) is 5.77. The van der Waals surface area contributed by atoms with Crippen LogP contribution in [0, 0.1) is 6.92 Å². The lowest BCUT2D eigenvalue weighted by Gasteiger charge is -2.14. The third-order valence-corrected chi connectivity index (χ3v) is 4.74. The number of hydrogen-bond acceptors (Lipinski definition) is 3. The summed E-state index contributed by atoms with van der Waals surface area (Å²) in [6, 6.07) is 19.5. The number of hydrogen-bond donors (Lipinski definition) is 2. The lowest BCUT2D eigenvalue weighted by molar-refractivity contribution is 0.561. The SMILES string of the molecule is Cc1cccc(CC(NN)c2cc3ccccc3s2)c1. The average molecular weight is 282 g/mol. The fourth-order valence-electron chi connectivity index (χ4n) is 2.49. The molecule has 0 amide bonds. The minimum atomic E-state index is 0.161. The number of rotatable bonds is 4. The van der Waals surface area contributed by atoms with Crippen LogP contribution in [0.15, 0.2) is 54.6 Å². The first kappa shape index (κ1) is 13.3. The molecule has 1 unspecified atom stereocenters. The van der Waals surface area contributed by atoms with Crippen LogP contribution in [-0.2, 0) is 6.42 Å². The summed E-state index contributed by atoms with van der Waals surface area (Å²) < 4.78 is 1.31. The van der Waals surface area contributed by atoms with Gasteiger partial charge in [-0.2, -0.15) is 0 Å². The highest BCUT2D eigenvalue weighted by molar-refractivity contribution is 7.19. The molecular formula is C17H18N2S. The summed E-state index contributed by atoms with van der Waals surface area (Å²) >= 11 is 1.81. The highest BCUT2D eigenvalue weighted by atomic mass is 32.1. The van der Waals surface area contributed by atoms with Crippen molar-refractivity contribution < 1.29 is 0 Å². The molecule has 0 aliphatic heterocycles. The molecule has 0 saturated carbocycles. The van der Waals surface area contributed by atoms with Gasteiger partial charge in [-0.05, 0) is 36.4 Å². The fraction of sp³-hybridized carbons (Fsp3) is 0.176. The Morgan fingerprint density at radius 3 is 2.70 bits per heavy atom. The van der Waals surface area contributed by atoms with Gasteiger partial charge in [-0.1, -0.05) is 48.0 Å². The number of nitrogens with two attached hydrogens (primary N) is 1. The molecule has 0 saturated heterocycles. The van der Waals surface area contributed by atoms with Gasteiger partial charge >= 0.3 is 0 Å². The zero-order chi connectivity index (χ0) is 13.9. The van der Waals surface area contributed by atoms with Gasteiger partial charge in [0, 0.05) is 9.58 Å². The van der Waals surface area contributed by atoms with E-state index in [0.717, 1.165) is 6.42 Å². The van der Waals surface area contributed by atoms with E-state index in [0.29, 0.717) is 0 Å². The van der Waals surface area contributed by atoms with Crippen molar-refractivity contribution in [2.45, 2.75) is 19.4 Å². The Hall–Kier alpha value is -1.68. The fourth-order valence-corrected chi connectivity index (χ4v) is 3.62. The maximum atomic E-state index is 5.77. The van der Waals surface area contributed by atoms with Crippen LogP contribution in [0.2, 0.25) is 0 Å². The Labute approximate surface area is 123 Å². The average Bonchev–Trinajstić information content (AvgIpc) is 2.88. The Balaban J connectivity index is 1.89. The quantitative estimate of drug-likeness (QED) is 0.561. The van der Waals surface area contributed by atoms with Crippen LogP contribution in [0.5, 0.6) is 0 Å². The van der Waals surface area contributed by atoms with Gasteiger partial charge in [0.2, 0.25) is 0 Å². The first-order valence-corrected chi connectivity index (χ1v) is 7.58. The standard InChI is InChI=1S/C17H18N2S/c1-12-5-4-6-13(9-12)10-15(19-18)17-11-14-7-2-3-8-16(14)20-17/h2-9,11,15,19H,10,18H2,1H3. The van der Waals surface area contributed by atoms with E-state index >= 15 is 0 Å². The molecule has 0 aliphatic carbocycles. The van der Waals surface area contributed by atoms with Gasteiger partial charge in [0.1, 0.15) is 0 Å². The van der Waals surface area contributed by atoms with Crippen molar-refractivity contribution in [2.24, 2.45) is 5.84 Å². The highest BCUT2D eigenvalue weighted by Gasteiger charge is 2.13. The van der Waals surface area contributed by atoms with Crippen LogP contribution in [-0.4, -0.2) is 0 Å². The molecule has 3 N–H and O–H groups in total. The molecule has 102 valence electrons. The summed E-state index contributed by atoms with van der Waals surface area (Å²) in [7, 11) is 0. The van der Waals surface area contributed by atoms with Gasteiger partial charge < -0.3 is 0 Å². The molecule has 1 aromatic heterocycles. The maximum absolute atomic E-state index is 5.77. The Bertz CT molecular complexity index is 685. The minimum Gasteiger partial charge on any atom is -0.271 e. The third-order valence-electron chi connectivity index (χ3n) is 3.51. The molecule has 3 rings (SSSR count). The predicted octanol–water partition coefficient (Wildman–Crippen LogP) is 3.96. The van der Waals surface area contributed by atoms with E-state index in [1.807, 2.05) is 11.3 Å². The van der Waals surface area contributed by atoms with Crippen molar-refractivity contribution in [3.63, 3.8) is 0 Å². The zero-order valence-electron chi connectivity index (χ0n) is 11.5. The summed E-state index contributed by atoms with van der Waals surface area (Å²) in [6.45, 7) is 2.12. The summed E-state index contributed by atoms with van der Waals surface area (Å²) in [4.78, 5) is 1.29. The Morgan fingerprint density at radius 1 is 1.10 bits per heavy atom. The van der Waals surface area contributed by atoms with Crippen LogP contribution in [0.1, 0.15) is 22.0 Å². The molecule has 1 heterocycles. The number of benzene rings is 2. The molecule has 0 spiro atoms. The van der Waals surface area contributed by atoms with E-state index in [1.54, 1.807) is 0 Å². The zero-order valence-corrected chi connectivity index (χ0v) is 12.3. The molecule has 3 aromatic rings. The van der Waals surface area contributed by atoms with Crippen molar-refractivity contribution in [1.82, 2.24) is 5.43 Å². The smallest absolute Gasteiger partial charge is 0.0593 e. The predicted molar refractivity (Wildman–Crippen MR) is 86.8 cm³/mol. The third kappa shape index (κ3) is 2.75. The Morgan fingerprint density at radius 2 is 1.95 bits per heavy atom. The number of hydrazine groups is 1. The summed E-state index contributed by atoms with van der Waals surface area (Å²) in [5.41, 5.74) is 5.55. The number of thiophene rings is 1. The molecule has 0 radical (unpaired) electrons. The second kappa shape index (κ2) is 5.75. The molecule has 1 atom stereocenters. The second-order valence-corrected chi connectivity index (χ2v) is 6.21. The number of fused-ring (bicyclic) bond motifs is 1. The van der Waals surface area contributed by atoms with E-state index in [-0.39, 0.29) is 6.04 Å². The largest absolute Gasteiger partial charge is 0.271 e. The van der Waals surface area contributed by atoms with Gasteiger partial charge in [-0.3, -0.25) is 11.3 Å². The lowest BCUT2D eigenvalue weighted by Crippen LogP contribution is -2.28. The molecule has 2 aromatic carbocycles. The molecule has 0 bridgehead atoms. The van der Waals surface area contributed by atoms with Crippen LogP contribution in [0.25, 0.3) is 10.1 Å². The topological polar surface area (TPSA) is 38.0 Å². The van der Waals surface area contributed by atoms with Gasteiger partial charge in [0.05, 0.1) is 6.04 Å². The van der Waals surface area contributed by atoms with Crippen LogP contribution >= 0.6 is 11.3 Å². The van der Waals surface area contributed by atoms with E-state index in [1.165, 1.54) is 26.1 Å². The first-order chi connectivity index (χ1) is 9.76.